The van der Waals surface area contributed by atoms with Gasteiger partial charge in [0.2, 0.25) is 11.8 Å². The molecule has 0 aromatic carbocycles. The summed E-state index contributed by atoms with van der Waals surface area (Å²) in [4.78, 5) is 22.7. The van der Waals surface area contributed by atoms with Gasteiger partial charge in [-0.25, -0.2) is 0 Å². The molecule has 2 unspecified atom stereocenters. The topological polar surface area (TPSA) is 70.2 Å². The Balaban J connectivity index is 0.00000162. The number of nitrogens with one attached hydrogen (secondary N) is 3. The minimum Gasteiger partial charge on any atom is -0.354 e. The highest BCUT2D eigenvalue weighted by Crippen LogP contribution is 2.11. The summed E-state index contributed by atoms with van der Waals surface area (Å²) in [6.07, 6.45) is 5.20. The van der Waals surface area contributed by atoms with Gasteiger partial charge in [-0.1, -0.05) is 0 Å². The Morgan fingerprint density at radius 1 is 1.39 bits per heavy atom. The van der Waals surface area contributed by atoms with Crippen molar-refractivity contribution in [2.45, 2.75) is 50.6 Å². The number of piperidine rings is 1. The molecule has 6 heteroatoms. The second-order valence-corrected chi connectivity index (χ2v) is 4.94. The second kappa shape index (κ2) is 7.59. The van der Waals surface area contributed by atoms with Crippen LogP contribution in [0.25, 0.3) is 0 Å². The lowest BCUT2D eigenvalue weighted by molar-refractivity contribution is -0.125. The predicted molar refractivity (Wildman–Crippen MR) is 71.7 cm³/mol. The van der Waals surface area contributed by atoms with E-state index in [4.69, 9.17) is 0 Å². The number of carbonyl (C=O) groups excluding carboxylic acids is 2. The van der Waals surface area contributed by atoms with Gasteiger partial charge in [0.1, 0.15) is 0 Å². The standard InChI is InChI=1S/C12H21N3O2.ClH/c16-11-5-4-10(8-14-11)15-12(17)6-3-9-2-1-7-13-9;/h9-10,13H,1-8H2,(H,14,16)(H,15,17);1H. The molecule has 0 aromatic heterocycles. The van der Waals surface area contributed by atoms with Crippen molar-refractivity contribution in [1.29, 1.82) is 0 Å². The van der Waals surface area contributed by atoms with Gasteiger partial charge in [-0.15, -0.1) is 12.4 Å². The maximum atomic E-state index is 11.7. The fourth-order valence-electron chi connectivity index (χ4n) is 2.46. The van der Waals surface area contributed by atoms with E-state index in [-0.39, 0.29) is 30.3 Å². The van der Waals surface area contributed by atoms with E-state index in [0.29, 0.717) is 25.4 Å². The highest BCUT2D eigenvalue weighted by Gasteiger charge is 2.20. The van der Waals surface area contributed by atoms with E-state index >= 15 is 0 Å². The zero-order valence-electron chi connectivity index (χ0n) is 10.5. The average molecular weight is 276 g/mol. The molecule has 3 N–H and O–H groups in total. The Kier molecular flexibility index (Phi) is 6.43. The van der Waals surface area contributed by atoms with Crippen LogP contribution >= 0.6 is 12.4 Å². The molecule has 0 aromatic rings. The van der Waals surface area contributed by atoms with E-state index in [1.54, 1.807) is 0 Å². The normalized spacial score (nSPS) is 27.2. The second-order valence-electron chi connectivity index (χ2n) is 4.94. The first-order chi connectivity index (χ1) is 8.24. The van der Waals surface area contributed by atoms with Crippen molar-refractivity contribution in [2.75, 3.05) is 13.1 Å². The van der Waals surface area contributed by atoms with Crippen LogP contribution in [0.5, 0.6) is 0 Å². The molecule has 2 aliphatic rings. The molecule has 2 fully saturated rings. The number of hydrogen-bond donors (Lipinski definition) is 3. The van der Waals surface area contributed by atoms with Gasteiger partial charge in [-0.2, -0.15) is 0 Å². The van der Waals surface area contributed by atoms with Crippen molar-refractivity contribution >= 4 is 24.2 Å². The molecule has 2 amide bonds. The van der Waals surface area contributed by atoms with Gasteiger partial charge in [-0.05, 0) is 32.2 Å². The molecule has 2 heterocycles. The van der Waals surface area contributed by atoms with Gasteiger partial charge in [-0.3, -0.25) is 9.59 Å². The van der Waals surface area contributed by atoms with Crippen LogP contribution in [0, 0.1) is 0 Å². The zero-order chi connectivity index (χ0) is 12.1. The molecule has 18 heavy (non-hydrogen) atoms. The monoisotopic (exact) mass is 275 g/mol. The van der Waals surface area contributed by atoms with Gasteiger partial charge in [0.25, 0.3) is 0 Å². The summed E-state index contributed by atoms with van der Waals surface area (Å²) in [6.45, 7) is 1.66. The van der Waals surface area contributed by atoms with Gasteiger partial charge in [0.15, 0.2) is 0 Å². The third-order valence-corrected chi connectivity index (χ3v) is 3.51. The highest BCUT2D eigenvalue weighted by atomic mass is 35.5. The Morgan fingerprint density at radius 3 is 2.83 bits per heavy atom. The van der Waals surface area contributed by atoms with Crippen LogP contribution in [0.1, 0.15) is 38.5 Å². The number of rotatable bonds is 4. The molecule has 5 nitrogen and oxygen atoms in total. The van der Waals surface area contributed by atoms with Crippen LogP contribution in [0.2, 0.25) is 0 Å². The van der Waals surface area contributed by atoms with E-state index in [9.17, 15) is 9.59 Å². The SMILES string of the molecule is Cl.O=C1CCC(NC(=O)CCC2CCCN2)CN1. The molecule has 2 saturated heterocycles. The fraction of sp³-hybridized carbons (Fsp3) is 0.833. The number of halogens is 1. The molecule has 2 rings (SSSR count). The van der Waals surface area contributed by atoms with Gasteiger partial charge >= 0.3 is 0 Å². The van der Waals surface area contributed by atoms with E-state index < -0.39 is 0 Å². The van der Waals surface area contributed by atoms with Crippen molar-refractivity contribution in [3.8, 4) is 0 Å². The van der Waals surface area contributed by atoms with Crippen molar-refractivity contribution in [3.63, 3.8) is 0 Å². The molecule has 104 valence electrons. The molecule has 0 bridgehead atoms. The quantitative estimate of drug-likeness (QED) is 0.693. The first kappa shape index (κ1) is 15.2. The summed E-state index contributed by atoms with van der Waals surface area (Å²) in [5.74, 6) is 0.200. The first-order valence-corrected chi connectivity index (χ1v) is 6.53. The minimum absolute atomic E-state index is 0. The van der Waals surface area contributed by atoms with Crippen molar-refractivity contribution in [3.05, 3.63) is 0 Å². The lowest BCUT2D eigenvalue weighted by atomic mass is 10.1. The molecule has 2 aliphatic heterocycles. The van der Waals surface area contributed by atoms with Crippen molar-refractivity contribution < 1.29 is 9.59 Å². The van der Waals surface area contributed by atoms with Crippen LogP contribution in [-0.2, 0) is 9.59 Å². The molecule has 0 aliphatic carbocycles. The zero-order valence-corrected chi connectivity index (χ0v) is 11.4. The van der Waals surface area contributed by atoms with E-state index in [0.717, 1.165) is 19.4 Å². The first-order valence-electron chi connectivity index (χ1n) is 6.53. The Hall–Kier alpha value is -0.810. The molecular weight excluding hydrogens is 254 g/mol. The Morgan fingerprint density at radius 2 is 2.22 bits per heavy atom. The molecule has 0 radical (unpaired) electrons. The van der Waals surface area contributed by atoms with Crippen LogP contribution in [0.3, 0.4) is 0 Å². The number of hydrogen-bond acceptors (Lipinski definition) is 3. The van der Waals surface area contributed by atoms with Gasteiger partial charge in [0, 0.05) is 31.5 Å². The van der Waals surface area contributed by atoms with Crippen molar-refractivity contribution in [2.24, 2.45) is 0 Å². The number of carbonyl (C=O) groups is 2. The Bertz CT molecular complexity index is 283. The summed E-state index contributed by atoms with van der Waals surface area (Å²) in [5.41, 5.74) is 0. The third-order valence-electron chi connectivity index (χ3n) is 3.51. The Labute approximate surface area is 114 Å². The van der Waals surface area contributed by atoms with E-state index in [1.165, 1.54) is 12.8 Å². The molecule has 0 saturated carbocycles. The summed E-state index contributed by atoms with van der Waals surface area (Å²) < 4.78 is 0. The predicted octanol–water partition coefficient (Wildman–Crippen LogP) is 0.335. The van der Waals surface area contributed by atoms with Gasteiger partial charge < -0.3 is 16.0 Å². The van der Waals surface area contributed by atoms with Crippen LogP contribution < -0.4 is 16.0 Å². The number of amides is 2. The molecule has 0 spiro atoms. The maximum Gasteiger partial charge on any atom is 0.220 e. The smallest absolute Gasteiger partial charge is 0.220 e. The van der Waals surface area contributed by atoms with Crippen LogP contribution in [-0.4, -0.2) is 37.0 Å². The molecule has 2 atom stereocenters. The summed E-state index contributed by atoms with van der Waals surface area (Å²) >= 11 is 0. The lowest BCUT2D eigenvalue weighted by Crippen LogP contribution is -2.47. The van der Waals surface area contributed by atoms with Crippen LogP contribution in [0.4, 0.5) is 0 Å². The average Bonchev–Trinajstić information content (AvgIpc) is 2.83. The summed E-state index contributed by atoms with van der Waals surface area (Å²) in [5, 5.41) is 9.13. The van der Waals surface area contributed by atoms with Crippen molar-refractivity contribution in [1.82, 2.24) is 16.0 Å². The maximum absolute atomic E-state index is 11.7. The van der Waals surface area contributed by atoms with Crippen LogP contribution in [0.15, 0.2) is 0 Å². The van der Waals surface area contributed by atoms with Gasteiger partial charge in [0.05, 0.1) is 0 Å². The summed E-state index contributed by atoms with van der Waals surface area (Å²) in [6, 6.07) is 0.642. The van der Waals surface area contributed by atoms with E-state index in [2.05, 4.69) is 16.0 Å². The lowest BCUT2D eigenvalue weighted by Gasteiger charge is -2.23. The summed E-state index contributed by atoms with van der Waals surface area (Å²) in [7, 11) is 0. The molecular formula is C12H22ClN3O2. The fourth-order valence-corrected chi connectivity index (χ4v) is 2.46. The highest BCUT2D eigenvalue weighted by molar-refractivity contribution is 5.85. The van der Waals surface area contributed by atoms with E-state index in [1.807, 2.05) is 0 Å². The third kappa shape index (κ3) is 4.82. The minimum atomic E-state index is 0. The largest absolute Gasteiger partial charge is 0.354 e.